The summed E-state index contributed by atoms with van der Waals surface area (Å²) < 4.78 is 5.75. The van der Waals surface area contributed by atoms with Crippen molar-refractivity contribution in [2.45, 2.75) is 110 Å². The van der Waals surface area contributed by atoms with E-state index in [-0.39, 0.29) is 34.4 Å². The van der Waals surface area contributed by atoms with E-state index < -0.39 is 0 Å². The van der Waals surface area contributed by atoms with Crippen molar-refractivity contribution in [1.82, 2.24) is 5.32 Å². The van der Waals surface area contributed by atoms with Gasteiger partial charge >= 0.3 is 5.97 Å². The third-order valence-electron chi connectivity index (χ3n) is 10.1. The normalized spacial score (nSPS) is 41.7. The van der Waals surface area contributed by atoms with Gasteiger partial charge in [-0.2, -0.15) is 0 Å². The molecule has 3 fully saturated rings. The smallest absolute Gasteiger partial charge is 0.330 e. The number of hydrogen-bond acceptors (Lipinski definition) is 3. The van der Waals surface area contributed by atoms with Crippen LogP contribution in [0.4, 0.5) is 0 Å². The van der Waals surface area contributed by atoms with E-state index in [0.717, 1.165) is 51.4 Å². The molecule has 0 radical (unpaired) electrons. The number of fused-ring (bicyclic) bond motifs is 5. The maximum Gasteiger partial charge on any atom is 0.330 e. The molecule has 1 aliphatic heterocycles. The SMILES string of the molecule is CCCC(CC)(CC)NC(=O)C1C[C@H]2[C@@H]3CCC4OC(=O)C=C[C@]4(C)[C@@H]3CC[C@]2(C)C1. The Morgan fingerprint density at radius 3 is 2.58 bits per heavy atom. The van der Waals surface area contributed by atoms with Gasteiger partial charge in [-0.1, -0.05) is 47.1 Å². The van der Waals surface area contributed by atoms with Crippen molar-refractivity contribution in [2.24, 2.45) is 34.5 Å². The summed E-state index contributed by atoms with van der Waals surface area (Å²) in [6.45, 7) is 11.4. The van der Waals surface area contributed by atoms with Crippen LogP contribution >= 0.6 is 0 Å². The molecule has 4 rings (SSSR count). The van der Waals surface area contributed by atoms with Crippen molar-refractivity contribution in [1.29, 1.82) is 0 Å². The highest BCUT2D eigenvalue weighted by Crippen LogP contribution is 2.64. The van der Waals surface area contributed by atoms with Crippen LogP contribution in [-0.2, 0) is 14.3 Å². The predicted octanol–water partition coefficient (Wildman–Crippen LogP) is 5.80. The number of amides is 1. The molecule has 1 N–H and O–H groups in total. The molecule has 1 amide bonds. The van der Waals surface area contributed by atoms with Gasteiger partial charge in [-0.25, -0.2) is 4.79 Å². The molecule has 0 aromatic rings. The Bertz CT molecular complexity index is 741. The lowest BCUT2D eigenvalue weighted by molar-refractivity contribution is -0.166. The van der Waals surface area contributed by atoms with Crippen LogP contribution in [0.2, 0.25) is 0 Å². The van der Waals surface area contributed by atoms with Gasteiger partial charge < -0.3 is 10.1 Å². The standard InChI is InChI=1S/C27H43NO3/c1-6-13-27(7-2,8-3)28-24(30)18-16-21-19-9-10-22-26(5,15-12-23(29)31-22)20(19)11-14-25(21,4)17-18/h12,15,18-22H,6-11,13-14,16-17H2,1-5H3,(H,28,30)/t18?,19-,20-,21+,22?,25-,26-/m1/s1. The Labute approximate surface area is 189 Å². The quantitative estimate of drug-likeness (QED) is 0.543. The van der Waals surface area contributed by atoms with Gasteiger partial charge in [0.25, 0.3) is 0 Å². The van der Waals surface area contributed by atoms with E-state index >= 15 is 0 Å². The third-order valence-corrected chi connectivity index (χ3v) is 10.1. The average molecular weight is 430 g/mol. The van der Waals surface area contributed by atoms with Gasteiger partial charge in [0.15, 0.2) is 0 Å². The lowest BCUT2D eigenvalue weighted by Gasteiger charge is -2.57. The molecular weight excluding hydrogens is 386 g/mol. The molecule has 4 heteroatoms. The topological polar surface area (TPSA) is 55.4 Å². The molecule has 31 heavy (non-hydrogen) atoms. The number of ether oxygens (including phenoxy) is 1. The van der Waals surface area contributed by atoms with Gasteiger partial charge in [0.1, 0.15) is 6.10 Å². The van der Waals surface area contributed by atoms with Crippen LogP contribution in [0.3, 0.4) is 0 Å². The highest BCUT2D eigenvalue weighted by Gasteiger charge is 2.60. The van der Waals surface area contributed by atoms with E-state index in [9.17, 15) is 9.59 Å². The molecule has 0 bridgehead atoms. The largest absolute Gasteiger partial charge is 0.458 e. The van der Waals surface area contributed by atoms with Gasteiger partial charge in [-0.05, 0) is 81.0 Å². The maximum atomic E-state index is 13.4. The number of carbonyl (C=O) groups is 2. The summed E-state index contributed by atoms with van der Waals surface area (Å²) in [7, 11) is 0. The van der Waals surface area contributed by atoms with E-state index in [1.165, 1.54) is 12.8 Å². The zero-order valence-electron chi connectivity index (χ0n) is 20.3. The summed E-state index contributed by atoms with van der Waals surface area (Å²) in [6.07, 6.45) is 14.5. The van der Waals surface area contributed by atoms with Crippen LogP contribution < -0.4 is 5.32 Å². The van der Waals surface area contributed by atoms with Crippen molar-refractivity contribution in [3.05, 3.63) is 12.2 Å². The molecule has 0 saturated heterocycles. The molecular formula is C27H43NO3. The lowest BCUT2D eigenvalue weighted by Crippen LogP contribution is -2.54. The molecule has 2 unspecified atom stereocenters. The summed E-state index contributed by atoms with van der Waals surface area (Å²) in [5.41, 5.74) is 0.192. The van der Waals surface area contributed by atoms with Crippen molar-refractivity contribution in [3.8, 4) is 0 Å². The zero-order valence-corrected chi connectivity index (χ0v) is 20.3. The number of rotatable bonds is 6. The highest BCUT2D eigenvalue weighted by molar-refractivity contribution is 5.83. The van der Waals surface area contributed by atoms with Gasteiger partial charge in [0.2, 0.25) is 5.91 Å². The van der Waals surface area contributed by atoms with Gasteiger partial charge in [-0.15, -0.1) is 0 Å². The van der Waals surface area contributed by atoms with Crippen LogP contribution in [-0.4, -0.2) is 23.5 Å². The highest BCUT2D eigenvalue weighted by atomic mass is 16.5. The fourth-order valence-corrected chi connectivity index (χ4v) is 8.14. The van der Waals surface area contributed by atoms with E-state index in [1.54, 1.807) is 6.08 Å². The minimum Gasteiger partial charge on any atom is -0.458 e. The van der Waals surface area contributed by atoms with Gasteiger partial charge in [0.05, 0.1) is 0 Å². The molecule has 4 aliphatic rings. The van der Waals surface area contributed by atoms with Crippen LogP contribution in [0.25, 0.3) is 0 Å². The molecule has 0 aromatic carbocycles. The van der Waals surface area contributed by atoms with Crippen LogP contribution in [0, 0.1) is 34.5 Å². The number of carbonyl (C=O) groups excluding carboxylic acids is 2. The molecule has 0 aromatic heterocycles. The Kier molecular flexibility index (Phi) is 6.07. The fraction of sp³-hybridized carbons (Fsp3) is 0.852. The Balaban J connectivity index is 1.51. The summed E-state index contributed by atoms with van der Waals surface area (Å²) in [5.74, 6) is 2.07. The summed E-state index contributed by atoms with van der Waals surface area (Å²) in [4.78, 5) is 25.3. The Morgan fingerprint density at radius 1 is 1.16 bits per heavy atom. The van der Waals surface area contributed by atoms with Crippen molar-refractivity contribution in [3.63, 3.8) is 0 Å². The predicted molar refractivity (Wildman–Crippen MR) is 123 cm³/mol. The minimum absolute atomic E-state index is 0.0277. The second kappa shape index (κ2) is 8.23. The maximum absolute atomic E-state index is 13.4. The molecule has 174 valence electrons. The summed E-state index contributed by atoms with van der Waals surface area (Å²) in [5, 5.41) is 3.52. The molecule has 1 heterocycles. The average Bonchev–Trinajstić information content (AvgIpc) is 3.12. The first-order chi connectivity index (χ1) is 14.7. The first kappa shape index (κ1) is 22.9. The first-order valence-electron chi connectivity index (χ1n) is 12.9. The number of esters is 1. The van der Waals surface area contributed by atoms with E-state index in [2.05, 4.69) is 46.0 Å². The number of nitrogens with one attached hydrogen (secondary N) is 1. The van der Waals surface area contributed by atoms with E-state index in [4.69, 9.17) is 4.74 Å². The van der Waals surface area contributed by atoms with Crippen molar-refractivity contribution >= 4 is 11.9 Å². The summed E-state index contributed by atoms with van der Waals surface area (Å²) in [6, 6.07) is 0. The van der Waals surface area contributed by atoms with E-state index in [0.29, 0.717) is 23.7 Å². The van der Waals surface area contributed by atoms with Gasteiger partial charge in [0, 0.05) is 22.9 Å². The van der Waals surface area contributed by atoms with Gasteiger partial charge in [-0.3, -0.25) is 4.79 Å². The fourth-order valence-electron chi connectivity index (χ4n) is 8.14. The molecule has 0 spiro atoms. The molecule has 7 atom stereocenters. The lowest BCUT2D eigenvalue weighted by atomic mass is 9.49. The first-order valence-corrected chi connectivity index (χ1v) is 12.9. The monoisotopic (exact) mass is 429 g/mol. The molecule has 4 nitrogen and oxygen atoms in total. The number of hydrogen-bond donors (Lipinski definition) is 1. The molecule has 3 aliphatic carbocycles. The Morgan fingerprint density at radius 2 is 1.90 bits per heavy atom. The van der Waals surface area contributed by atoms with Crippen molar-refractivity contribution < 1.29 is 14.3 Å². The zero-order chi connectivity index (χ0) is 22.4. The molecule has 3 saturated carbocycles. The van der Waals surface area contributed by atoms with Crippen LogP contribution in [0.1, 0.15) is 98.8 Å². The van der Waals surface area contributed by atoms with Crippen molar-refractivity contribution in [2.75, 3.05) is 0 Å². The summed E-state index contributed by atoms with van der Waals surface area (Å²) >= 11 is 0. The Hall–Kier alpha value is -1.32. The third kappa shape index (κ3) is 3.76. The second-order valence-corrected chi connectivity index (χ2v) is 11.6. The van der Waals surface area contributed by atoms with Crippen LogP contribution in [0.15, 0.2) is 12.2 Å². The minimum atomic E-state index is -0.179. The second-order valence-electron chi connectivity index (χ2n) is 11.6. The van der Waals surface area contributed by atoms with E-state index in [1.807, 2.05) is 0 Å². The van der Waals surface area contributed by atoms with Crippen LogP contribution in [0.5, 0.6) is 0 Å².